The van der Waals surface area contributed by atoms with Crippen LogP contribution in [0.15, 0.2) is 0 Å². The quantitative estimate of drug-likeness (QED) is 0.802. The summed E-state index contributed by atoms with van der Waals surface area (Å²) in [6.07, 6.45) is 1.54. The number of nitrogens with two attached hydrogens (primary N) is 1. The van der Waals surface area contributed by atoms with E-state index >= 15 is 0 Å². The third kappa shape index (κ3) is 6.80. The van der Waals surface area contributed by atoms with E-state index in [1.165, 1.54) is 0 Å². The third-order valence-electron chi connectivity index (χ3n) is 3.28. The molecule has 0 aromatic rings. The smallest absolute Gasteiger partial charge is 0.410 e. The molecule has 0 spiro atoms. The van der Waals surface area contributed by atoms with Gasteiger partial charge in [0.15, 0.2) is 0 Å². The normalized spacial score (nSPS) is 22.8. The Morgan fingerprint density at radius 2 is 1.95 bits per heavy atom. The molecule has 1 rings (SSSR count). The van der Waals surface area contributed by atoms with Crippen molar-refractivity contribution in [2.24, 2.45) is 11.7 Å². The Hall–Kier alpha value is -1.30. The van der Waals surface area contributed by atoms with E-state index in [1.54, 1.807) is 11.8 Å². The number of amides is 1. The summed E-state index contributed by atoms with van der Waals surface area (Å²) in [6, 6.07) is -0.0709. The number of ether oxygens (including phenoxy) is 2. The number of carbonyl (C=O) groups excluding carboxylic acids is 2. The zero-order chi connectivity index (χ0) is 16.0. The van der Waals surface area contributed by atoms with Gasteiger partial charge >= 0.3 is 12.1 Å². The van der Waals surface area contributed by atoms with Crippen molar-refractivity contribution in [3.8, 4) is 0 Å². The van der Waals surface area contributed by atoms with Crippen LogP contribution in [0, 0.1) is 5.92 Å². The highest BCUT2D eigenvalue weighted by molar-refractivity contribution is 5.69. The number of likely N-dealkylation sites (tertiary alicyclic amines) is 1. The Morgan fingerprint density at radius 1 is 1.29 bits per heavy atom. The van der Waals surface area contributed by atoms with Gasteiger partial charge in [-0.15, -0.1) is 0 Å². The molecule has 0 saturated carbocycles. The van der Waals surface area contributed by atoms with Crippen molar-refractivity contribution in [3.63, 3.8) is 0 Å². The number of rotatable bonds is 4. The Labute approximate surface area is 126 Å². The highest BCUT2D eigenvalue weighted by Gasteiger charge is 2.31. The maximum atomic E-state index is 12.1. The minimum absolute atomic E-state index is 0.0709. The van der Waals surface area contributed by atoms with Gasteiger partial charge in [-0.2, -0.15) is 0 Å². The zero-order valence-corrected chi connectivity index (χ0v) is 13.6. The molecular weight excluding hydrogens is 272 g/mol. The Kier molecular flexibility index (Phi) is 6.45. The minimum atomic E-state index is -0.515. The molecule has 21 heavy (non-hydrogen) atoms. The molecule has 1 saturated heterocycles. The predicted octanol–water partition coefficient (Wildman–Crippen LogP) is 1.91. The number of nitrogens with zero attached hydrogens (tertiary/aromatic N) is 1. The molecule has 6 nitrogen and oxygen atoms in total. The summed E-state index contributed by atoms with van der Waals surface area (Å²) in [5.41, 5.74) is 5.50. The molecule has 1 heterocycles. The summed E-state index contributed by atoms with van der Waals surface area (Å²) >= 11 is 0. The Morgan fingerprint density at radius 3 is 2.52 bits per heavy atom. The summed E-state index contributed by atoms with van der Waals surface area (Å²) in [4.78, 5) is 25.2. The van der Waals surface area contributed by atoms with Gasteiger partial charge < -0.3 is 20.1 Å². The largest absolute Gasteiger partial charge is 0.466 e. The van der Waals surface area contributed by atoms with Crippen molar-refractivity contribution in [1.82, 2.24) is 4.90 Å². The van der Waals surface area contributed by atoms with Crippen LogP contribution in [-0.4, -0.2) is 48.3 Å². The van der Waals surface area contributed by atoms with Gasteiger partial charge in [-0.05, 0) is 46.5 Å². The molecule has 0 aliphatic carbocycles. The molecule has 1 aliphatic rings. The van der Waals surface area contributed by atoms with Crippen molar-refractivity contribution in [2.75, 3.05) is 19.7 Å². The molecule has 2 N–H and O–H groups in total. The van der Waals surface area contributed by atoms with Crippen LogP contribution in [0.2, 0.25) is 0 Å². The second-order valence-electron chi connectivity index (χ2n) is 6.59. The van der Waals surface area contributed by atoms with Crippen molar-refractivity contribution in [2.45, 2.75) is 58.6 Å². The van der Waals surface area contributed by atoms with E-state index in [4.69, 9.17) is 15.2 Å². The fourth-order valence-corrected chi connectivity index (χ4v) is 2.49. The van der Waals surface area contributed by atoms with Crippen molar-refractivity contribution in [3.05, 3.63) is 0 Å². The van der Waals surface area contributed by atoms with Crippen LogP contribution in [0.25, 0.3) is 0 Å². The number of piperidine rings is 1. The average molecular weight is 300 g/mol. The zero-order valence-electron chi connectivity index (χ0n) is 13.6. The monoisotopic (exact) mass is 300 g/mol. The first-order valence-corrected chi connectivity index (χ1v) is 7.60. The number of carbonyl (C=O) groups is 2. The average Bonchev–Trinajstić information content (AvgIpc) is 2.34. The summed E-state index contributed by atoms with van der Waals surface area (Å²) in [6.45, 7) is 8.80. The second kappa shape index (κ2) is 7.64. The Bertz CT molecular complexity index is 365. The highest BCUT2D eigenvalue weighted by Crippen LogP contribution is 2.22. The van der Waals surface area contributed by atoms with Crippen LogP contribution in [0.5, 0.6) is 0 Å². The molecule has 1 aliphatic heterocycles. The van der Waals surface area contributed by atoms with Crippen LogP contribution in [0.1, 0.15) is 47.0 Å². The first-order chi connectivity index (χ1) is 9.71. The predicted molar refractivity (Wildman–Crippen MR) is 79.8 cm³/mol. The van der Waals surface area contributed by atoms with Gasteiger partial charge in [0.2, 0.25) is 0 Å². The SMILES string of the molecule is CCOC(=O)CCC1CC(N)CN(C(=O)OC(C)(C)C)C1. The van der Waals surface area contributed by atoms with E-state index in [-0.39, 0.29) is 24.0 Å². The molecule has 2 unspecified atom stereocenters. The first-order valence-electron chi connectivity index (χ1n) is 7.60. The molecule has 0 radical (unpaired) electrons. The van der Waals surface area contributed by atoms with Gasteiger partial charge in [-0.3, -0.25) is 4.79 Å². The van der Waals surface area contributed by atoms with Gasteiger partial charge in [0.1, 0.15) is 5.60 Å². The minimum Gasteiger partial charge on any atom is -0.466 e. The topological polar surface area (TPSA) is 81.9 Å². The lowest BCUT2D eigenvalue weighted by Gasteiger charge is -2.37. The lowest BCUT2D eigenvalue weighted by atomic mass is 9.91. The number of hydrogen-bond acceptors (Lipinski definition) is 5. The van der Waals surface area contributed by atoms with Gasteiger partial charge in [0.05, 0.1) is 6.61 Å². The maximum Gasteiger partial charge on any atom is 0.410 e. The lowest BCUT2D eigenvalue weighted by molar-refractivity contribution is -0.143. The third-order valence-corrected chi connectivity index (χ3v) is 3.28. The highest BCUT2D eigenvalue weighted by atomic mass is 16.6. The van der Waals surface area contributed by atoms with Crippen LogP contribution in [-0.2, 0) is 14.3 Å². The van der Waals surface area contributed by atoms with Crippen molar-refractivity contribution in [1.29, 1.82) is 0 Å². The first kappa shape index (κ1) is 17.8. The van der Waals surface area contributed by atoms with Gasteiger partial charge in [-0.25, -0.2) is 4.79 Å². The van der Waals surface area contributed by atoms with E-state index in [9.17, 15) is 9.59 Å². The molecule has 0 aromatic carbocycles. The maximum absolute atomic E-state index is 12.1. The van der Waals surface area contributed by atoms with E-state index in [0.29, 0.717) is 32.5 Å². The van der Waals surface area contributed by atoms with Crippen molar-refractivity contribution < 1.29 is 19.1 Å². The summed E-state index contributed by atoms with van der Waals surface area (Å²) in [5.74, 6) is 0.0196. The van der Waals surface area contributed by atoms with Crippen LogP contribution < -0.4 is 5.73 Å². The van der Waals surface area contributed by atoms with E-state index < -0.39 is 5.60 Å². The van der Waals surface area contributed by atoms with Gasteiger partial charge in [0, 0.05) is 25.6 Å². The molecule has 6 heteroatoms. The molecule has 1 fully saturated rings. The van der Waals surface area contributed by atoms with Crippen LogP contribution >= 0.6 is 0 Å². The van der Waals surface area contributed by atoms with E-state index in [2.05, 4.69) is 0 Å². The number of hydrogen-bond donors (Lipinski definition) is 1. The molecule has 0 bridgehead atoms. The summed E-state index contributed by atoms with van der Waals surface area (Å²) in [7, 11) is 0. The standard InChI is InChI=1S/C15H28N2O4/c1-5-20-13(18)7-6-11-8-12(16)10-17(9-11)14(19)21-15(2,3)4/h11-12H,5-10,16H2,1-4H3. The van der Waals surface area contributed by atoms with Crippen molar-refractivity contribution >= 4 is 12.1 Å². The lowest BCUT2D eigenvalue weighted by Crippen LogP contribution is -2.50. The summed E-state index contributed by atoms with van der Waals surface area (Å²) in [5, 5.41) is 0. The van der Waals surface area contributed by atoms with Crippen LogP contribution in [0.4, 0.5) is 4.79 Å². The van der Waals surface area contributed by atoms with Gasteiger partial charge in [-0.1, -0.05) is 0 Å². The van der Waals surface area contributed by atoms with E-state index in [1.807, 2.05) is 20.8 Å². The molecule has 1 amide bonds. The fraction of sp³-hybridized carbons (Fsp3) is 0.867. The summed E-state index contributed by atoms with van der Waals surface area (Å²) < 4.78 is 10.3. The second-order valence-corrected chi connectivity index (χ2v) is 6.59. The molecule has 0 aromatic heterocycles. The van der Waals surface area contributed by atoms with Gasteiger partial charge in [0.25, 0.3) is 0 Å². The molecular formula is C15H28N2O4. The Balaban J connectivity index is 2.49. The number of esters is 1. The molecule has 122 valence electrons. The van der Waals surface area contributed by atoms with E-state index in [0.717, 1.165) is 6.42 Å². The van der Waals surface area contributed by atoms with Crippen LogP contribution in [0.3, 0.4) is 0 Å². The fourth-order valence-electron chi connectivity index (χ4n) is 2.49. The molecule has 2 atom stereocenters.